The van der Waals surface area contributed by atoms with Gasteiger partial charge in [-0.1, -0.05) is 90.9 Å². The van der Waals surface area contributed by atoms with Gasteiger partial charge in [0.1, 0.15) is 55.4 Å². The van der Waals surface area contributed by atoms with Gasteiger partial charge in [-0.2, -0.15) is 0 Å². The highest BCUT2D eigenvalue weighted by molar-refractivity contribution is 5.70. The first-order chi connectivity index (χ1) is 24.0. The van der Waals surface area contributed by atoms with Crippen molar-refractivity contribution >= 4 is 11.9 Å². The molecule has 2 heterocycles. The van der Waals surface area contributed by atoms with Crippen molar-refractivity contribution in [1.82, 2.24) is 0 Å². The Balaban J connectivity index is 1.93. The van der Waals surface area contributed by atoms with Crippen molar-refractivity contribution in [3.63, 3.8) is 0 Å². The molecule has 2 fully saturated rings. The molecule has 2 saturated heterocycles. The number of aliphatic hydroxyl groups is 7. The number of esters is 2. The zero-order valence-corrected chi connectivity index (χ0v) is 29.9. The smallest absolute Gasteiger partial charge is 0.306 e. The Labute approximate surface area is 296 Å². The van der Waals surface area contributed by atoms with E-state index >= 15 is 0 Å². The summed E-state index contributed by atoms with van der Waals surface area (Å²) in [5.74, 6) is -0.942. The Kier molecular flexibility index (Phi) is 22.8. The fraction of sp³-hybridized carbons (Fsp3) is 0.943. The standard InChI is InChI=1S/C35H64O15/c1-3-5-7-9-10-11-12-14-16-18-27(38)48-23(20-45-26(37)17-15-13-8-6-4-2)21-46-34-33(44)31(42)29(40)25(50-34)22-47-35-32(43)30(41)28(39)24(19-36)49-35/h23-25,28-36,39-44H,3-22H2,1-2H3. The fourth-order valence-electron chi connectivity index (χ4n) is 5.86. The van der Waals surface area contributed by atoms with Crippen LogP contribution in [0.3, 0.4) is 0 Å². The predicted molar refractivity (Wildman–Crippen MR) is 178 cm³/mol. The number of aliphatic hydroxyl groups excluding tert-OH is 7. The van der Waals surface area contributed by atoms with E-state index in [1.807, 2.05) is 0 Å². The number of hydrogen-bond donors (Lipinski definition) is 7. The van der Waals surface area contributed by atoms with Gasteiger partial charge in [-0.25, -0.2) is 0 Å². The second-order valence-electron chi connectivity index (χ2n) is 13.4. The molecule has 0 aromatic heterocycles. The number of hydrogen-bond acceptors (Lipinski definition) is 15. The summed E-state index contributed by atoms with van der Waals surface area (Å²) in [6, 6.07) is 0. The van der Waals surface area contributed by atoms with Crippen LogP contribution in [0.2, 0.25) is 0 Å². The third kappa shape index (κ3) is 16.0. The van der Waals surface area contributed by atoms with E-state index in [2.05, 4.69) is 13.8 Å². The topological polar surface area (TPSA) is 231 Å². The van der Waals surface area contributed by atoms with E-state index in [1.165, 1.54) is 32.1 Å². The number of carbonyl (C=O) groups is 2. The Bertz CT molecular complexity index is 907. The minimum absolute atomic E-state index is 0.169. The van der Waals surface area contributed by atoms with Crippen LogP contribution in [0.25, 0.3) is 0 Å². The minimum Gasteiger partial charge on any atom is -0.462 e. The molecule has 0 aromatic carbocycles. The predicted octanol–water partition coefficient (Wildman–Crippen LogP) is 1.36. The first kappa shape index (κ1) is 44.7. The summed E-state index contributed by atoms with van der Waals surface area (Å²) in [5.41, 5.74) is 0. The lowest BCUT2D eigenvalue weighted by molar-refractivity contribution is -0.332. The quantitative estimate of drug-likeness (QED) is 0.0493. The molecule has 0 aliphatic carbocycles. The van der Waals surface area contributed by atoms with Crippen molar-refractivity contribution in [3.05, 3.63) is 0 Å². The average molecular weight is 725 g/mol. The molecule has 0 amide bonds. The van der Waals surface area contributed by atoms with E-state index < -0.39 is 92.7 Å². The summed E-state index contributed by atoms with van der Waals surface area (Å²) in [6.45, 7) is 2.41. The molecular weight excluding hydrogens is 660 g/mol. The van der Waals surface area contributed by atoms with Gasteiger partial charge in [-0.3, -0.25) is 9.59 Å². The van der Waals surface area contributed by atoms with Gasteiger partial charge in [-0.15, -0.1) is 0 Å². The van der Waals surface area contributed by atoms with E-state index in [9.17, 15) is 45.3 Å². The van der Waals surface area contributed by atoms with Crippen molar-refractivity contribution in [3.8, 4) is 0 Å². The van der Waals surface area contributed by atoms with Crippen LogP contribution in [-0.2, 0) is 38.0 Å². The normalized spacial score (nSPS) is 30.6. The largest absolute Gasteiger partial charge is 0.462 e. The molecule has 0 radical (unpaired) electrons. The third-order valence-electron chi connectivity index (χ3n) is 9.09. The van der Waals surface area contributed by atoms with Gasteiger partial charge in [-0.05, 0) is 12.8 Å². The van der Waals surface area contributed by atoms with Gasteiger partial charge in [0.15, 0.2) is 18.7 Å². The van der Waals surface area contributed by atoms with Gasteiger partial charge in [0, 0.05) is 12.8 Å². The summed E-state index contributed by atoms with van der Waals surface area (Å²) >= 11 is 0. The number of rotatable bonds is 26. The molecular formula is C35H64O15. The SMILES string of the molecule is CCCCCCCCCCCC(=O)OC(COC(=O)CCCCCCC)COC1OC(COC2OC(CO)C(O)C(O)C2O)C(O)C(O)C1O. The van der Waals surface area contributed by atoms with Crippen molar-refractivity contribution in [2.75, 3.05) is 26.4 Å². The zero-order valence-electron chi connectivity index (χ0n) is 29.9. The minimum atomic E-state index is -1.75. The summed E-state index contributed by atoms with van der Waals surface area (Å²) in [4.78, 5) is 25.1. The van der Waals surface area contributed by atoms with Crippen LogP contribution in [0.15, 0.2) is 0 Å². The number of ether oxygens (including phenoxy) is 6. The molecule has 294 valence electrons. The van der Waals surface area contributed by atoms with E-state index in [0.717, 1.165) is 44.9 Å². The average Bonchev–Trinajstić information content (AvgIpc) is 3.10. The van der Waals surface area contributed by atoms with Gasteiger partial charge >= 0.3 is 11.9 Å². The van der Waals surface area contributed by atoms with E-state index in [-0.39, 0.29) is 26.1 Å². The lowest BCUT2D eigenvalue weighted by Gasteiger charge is -2.42. The molecule has 0 spiro atoms. The maximum Gasteiger partial charge on any atom is 0.306 e. The second kappa shape index (κ2) is 25.5. The van der Waals surface area contributed by atoms with Crippen LogP contribution in [0.4, 0.5) is 0 Å². The first-order valence-corrected chi connectivity index (χ1v) is 18.6. The molecule has 0 bridgehead atoms. The second-order valence-corrected chi connectivity index (χ2v) is 13.4. The highest BCUT2D eigenvalue weighted by atomic mass is 16.7. The summed E-state index contributed by atoms with van der Waals surface area (Å²) in [7, 11) is 0. The number of unbranched alkanes of at least 4 members (excludes halogenated alkanes) is 12. The summed E-state index contributed by atoms with van der Waals surface area (Å²) in [5, 5.41) is 71.3. The third-order valence-corrected chi connectivity index (χ3v) is 9.09. The molecule has 2 aliphatic rings. The highest BCUT2D eigenvalue weighted by Crippen LogP contribution is 2.26. The van der Waals surface area contributed by atoms with Crippen LogP contribution in [-0.4, -0.2) is 142 Å². The summed E-state index contributed by atoms with van der Waals surface area (Å²) < 4.78 is 33.1. The fourth-order valence-corrected chi connectivity index (χ4v) is 5.86. The lowest BCUT2D eigenvalue weighted by Crippen LogP contribution is -2.61. The van der Waals surface area contributed by atoms with Crippen molar-refractivity contribution in [2.24, 2.45) is 0 Å². The number of carbonyl (C=O) groups excluding carboxylic acids is 2. The highest BCUT2D eigenvalue weighted by Gasteiger charge is 2.47. The van der Waals surface area contributed by atoms with Crippen LogP contribution < -0.4 is 0 Å². The van der Waals surface area contributed by atoms with Crippen LogP contribution in [0, 0.1) is 0 Å². The van der Waals surface area contributed by atoms with Gasteiger partial charge in [0.25, 0.3) is 0 Å². The molecule has 11 unspecified atom stereocenters. The van der Waals surface area contributed by atoms with Crippen LogP contribution in [0.5, 0.6) is 0 Å². The Morgan fingerprint density at radius 3 is 1.56 bits per heavy atom. The Morgan fingerprint density at radius 1 is 0.560 bits per heavy atom. The van der Waals surface area contributed by atoms with Crippen LogP contribution in [0.1, 0.15) is 117 Å². The zero-order chi connectivity index (χ0) is 36.9. The molecule has 7 N–H and O–H groups in total. The Morgan fingerprint density at radius 2 is 1.02 bits per heavy atom. The summed E-state index contributed by atoms with van der Waals surface area (Å²) in [6.07, 6.45) is -1.91. The van der Waals surface area contributed by atoms with E-state index in [4.69, 9.17) is 28.4 Å². The molecule has 50 heavy (non-hydrogen) atoms. The van der Waals surface area contributed by atoms with Crippen LogP contribution >= 0.6 is 0 Å². The van der Waals surface area contributed by atoms with E-state index in [0.29, 0.717) is 12.8 Å². The van der Waals surface area contributed by atoms with Crippen molar-refractivity contribution in [2.45, 2.75) is 184 Å². The molecule has 15 nitrogen and oxygen atoms in total. The Hall–Kier alpha value is -1.50. The molecule has 11 atom stereocenters. The monoisotopic (exact) mass is 724 g/mol. The van der Waals surface area contributed by atoms with Crippen molar-refractivity contribution < 1.29 is 73.8 Å². The molecule has 0 saturated carbocycles. The maximum atomic E-state index is 12.7. The van der Waals surface area contributed by atoms with Crippen molar-refractivity contribution in [1.29, 1.82) is 0 Å². The van der Waals surface area contributed by atoms with Gasteiger partial charge in [0.2, 0.25) is 0 Å². The molecule has 2 aliphatic heterocycles. The van der Waals surface area contributed by atoms with Gasteiger partial charge in [0.05, 0.1) is 19.8 Å². The molecule has 0 aromatic rings. The molecule has 2 rings (SSSR count). The molecule has 15 heteroatoms. The van der Waals surface area contributed by atoms with Gasteiger partial charge < -0.3 is 64.2 Å². The van der Waals surface area contributed by atoms with E-state index in [1.54, 1.807) is 0 Å². The first-order valence-electron chi connectivity index (χ1n) is 18.6. The maximum absolute atomic E-state index is 12.7. The lowest BCUT2D eigenvalue weighted by atomic mass is 9.98.